The Morgan fingerprint density at radius 2 is 2.31 bits per heavy atom. The lowest BCUT2D eigenvalue weighted by atomic mass is 10.2. The molecule has 1 aliphatic heterocycles. The highest BCUT2D eigenvalue weighted by molar-refractivity contribution is 7.15. The molecule has 136 valence electrons. The van der Waals surface area contributed by atoms with Gasteiger partial charge in [0.15, 0.2) is 5.13 Å². The number of hydrogen-bond acceptors (Lipinski definition) is 7. The van der Waals surface area contributed by atoms with E-state index in [1.165, 1.54) is 4.88 Å². The molecule has 1 N–H and O–H groups in total. The number of anilines is 1. The van der Waals surface area contributed by atoms with E-state index in [1.807, 2.05) is 29.8 Å². The van der Waals surface area contributed by atoms with Crippen LogP contribution in [0.25, 0.3) is 5.65 Å². The second-order valence-electron chi connectivity index (χ2n) is 6.71. The zero-order chi connectivity index (χ0) is 18.1. The predicted octanol–water partition coefficient (Wildman–Crippen LogP) is 3.17. The van der Waals surface area contributed by atoms with E-state index in [2.05, 4.69) is 38.7 Å². The number of thiazole rings is 1. The third-order valence-corrected chi connectivity index (χ3v) is 5.34. The maximum absolute atomic E-state index is 6.11. The Kier molecular flexibility index (Phi) is 4.60. The molecular weight excluding hydrogens is 348 g/mol. The van der Waals surface area contributed by atoms with E-state index in [1.54, 1.807) is 23.9 Å². The van der Waals surface area contributed by atoms with Crippen molar-refractivity contribution in [1.82, 2.24) is 24.3 Å². The van der Waals surface area contributed by atoms with Gasteiger partial charge in [0, 0.05) is 60.8 Å². The standard InChI is InChI=1S/C18H22N6OS/c1-12(2)22-18-20-8-15(26-18)10-24-9-14(6-13(24)3)25-17-7-16-19-4-5-23(16)11-21-17/h4-5,7-8,11,13-14H,1,6,9-10H2,2-3H3,(H,20,22). The molecule has 1 saturated heterocycles. The van der Waals surface area contributed by atoms with Crippen molar-refractivity contribution in [2.24, 2.45) is 0 Å². The molecule has 0 saturated carbocycles. The Bertz CT molecular complexity index is 919. The maximum Gasteiger partial charge on any atom is 0.218 e. The van der Waals surface area contributed by atoms with Crippen molar-refractivity contribution in [1.29, 1.82) is 0 Å². The molecular formula is C18H22N6OS. The van der Waals surface area contributed by atoms with Crippen molar-refractivity contribution >= 4 is 22.1 Å². The first-order valence-electron chi connectivity index (χ1n) is 8.63. The van der Waals surface area contributed by atoms with Crippen molar-refractivity contribution in [2.75, 3.05) is 11.9 Å². The number of imidazole rings is 1. The highest BCUT2D eigenvalue weighted by Crippen LogP contribution is 2.27. The van der Waals surface area contributed by atoms with Gasteiger partial charge in [0.05, 0.1) is 0 Å². The largest absolute Gasteiger partial charge is 0.473 e. The fourth-order valence-corrected chi connectivity index (χ4v) is 4.12. The summed E-state index contributed by atoms with van der Waals surface area (Å²) in [5.74, 6) is 0.633. The second-order valence-corrected chi connectivity index (χ2v) is 7.83. The highest BCUT2D eigenvalue weighted by atomic mass is 32.1. The van der Waals surface area contributed by atoms with Crippen LogP contribution in [-0.2, 0) is 6.54 Å². The molecule has 0 aromatic carbocycles. The molecule has 0 aliphatic carbocycles. The van der Waals surface area contributed by atoms with E-state index >= 15 is 0 Å². The number of nitrogens with one attached hydrogen (secondary N) is 1. The van der Waals surface area contributed by atoms with Crippen LogP contribution in [0.1, 0.15) is 25.1 Å². The summed E-state index contributed by atoms with van der Waals surface area (Å²) >= 11 is 1.67. The minimum Gasteiger partial charge on any atom is -0.473 e. The molecule has 0 spiro atoms. The molecule has 4 rings (SSSR count). The smallest absolute Gasteiger partial charge is 0.218 e. The maximum atomic E-state index is 6.11. The normalized spacial score (nSPS) is 20.5. The lowest BCUT2D eigenvalue weighted by Crippen LogP contribution is -2.27. The van der Waals surface area contributed by atoms with E-state index in [9.17, 15) is 0 Å². The molecule has 2 unspecified atom stereocenters. The first-order valence-corrected chi connectivity index (χ1v) is 9.45. The molecule has 3 aromatic rings. The Labute approximate surface area is 156 Å². The number of rotatable bonds is 6. The summed E-state index contributed by atoms with van der Waals surface area (Å²) in [5.41, 5.74) is 1.75. The molecule has 26 heavy (non-hydrogen) atoms. The summed E-state index contributed by atoms with van der Waals surface area (Å²) in [7, 11) is 0. The van der Waals surface area contributed by atoms with Gasteiger partial charge in [-0.1, -0.05) is 6.58 Å². The van der Waals surface area contributed by atoms with Crippen LogP contribution in [-0.4, -0.2) is 42.9 Å². The Balaban J connectivity index is 1.37. The van der Waals surface area contributed by atoms with Crippen molar-refractivity contribution in [3.63, 3.8) is 0 Å². The molecule has 0 radical (unpaired) electrons. The fraction of sp³-hybridized carbons (Fsp3) is 0.389. The van der Waals surface area contributed by atoms with Gasteiger partial charge in [0.2, 0.25) is 5.88 Å². The number of likely N-dealkylation sites (tertiary alicyclic amines) is 1. The summed E-state index contributed by atoms with van der Waals surface area (Å²) in [6.45, 7) is 9.78. The zero-order valence-electron chi connectivity index (χ0n) is 14.9. The molecule has 2 atom stereocenters. The topological polar surface area (TPSA) is 67.6 Å². The SMILES string of the molecule is C=C(C)Nc1ncc(CN2CC(Oc3cc4nccn4cn3)CC2C)s1. The number of ether oxygens (including phenoxy) is 1. The summed E-state index contributed by atoms with van der Waals surface area (Å²) < 4.78 is 7.98. The van der Waals surface area contributed by atoms with Gasteiger partial charge in [-0.3, -0.25) is 9.30 Å². The van der Waals surface area contributed by atoms with Crippen LogP contribution < -0.4 is 10.1 Å². The summed E-state index contributed by atoms with van der Waals surface area (Å²) in [4.78, 5) is 16.7. The molecule has 0 bridgehead atoms. The van der Waals surface area contributed by atoms with Crippen LogP contribution in [0.2, 0.25) is 0 Å². The highest BCUT2D eigenvalue weighted by Gasteiger charge is 2.31. The third-order valence-electron chi connectivity index (χ3n) is 4.45. The number of nitrogens with zero attached hydrogens (tertiary/aromatic N) is 5. The van der Waals surface area contributed by atoms with Gasteiger partial charge < -0.3 is 10.1 Å². The molecule has 0 amide bonds. The lowest BCUT2D eigenvalue weighted by Gasteiger charge is -2.19. The van der Waals surface area contributed by atoms with E-state index < -0.39 is 0 Å². The molecule has 1 aliphatic rings. The van der Waals surface area contributed by atoms with E-state index in [-0.39, 0.29) is 6.10 Å². The average Bonchev–Trinajstić information content (AvgIpc) is 3.29. The predicted molar refractivity (Wildman–Crippen MR) is 102 cm³/mol. The van der Waals surface area contributed by atoms with Crippen molar-refractivity contribution < 1.29 is 4.74 Å². The van der Waals surface area contributed by atoms with Crippen molar-refractivity contribution in [3.05, 3.63) is 48.1 Å². The second kappa shape index (κ2) is 7.05. The van der Waals surface area contributed by atoms with Crippen LogP contribution >= 0.6 is 11.3 Å². The quantitative estimate of drug-likeness (QED) is 0.719. The lowest BCUT2D eigenvalue weighted by molar-refractivity contribution is 0.189. The first-order chi connectivity index (χ1) is 12.6. The first kappa shape index (κ1) is 17.0. The van der Waals surface area contributed by atoms with Crippen LogP contribution in [0.5, 0.6) is 5.88 Å². The van der Waals surface area contributed by atoms with Gasteiger partial charge >= 0.3 is 0 Å². The number of fused-ring (bicyclic) bond motifs is 1. The molecule has 3 aromatic heterocycles. The Morgan fingerprint density at radius 3 is 3.15 bits per heavy atom. The van der Waals surface area contributed by atoms with E-state index in [0.29, 0.717) is 11.9 Å². The van der Waals surface area contributed by atoms with E-state index in [4.69, 9.17) is 4.74 Å². The van der Waals surface area contributed by atoms with Gasteiger partial charge in [-0.25, -0.2) is 15.0 Å². The van der Waals surface area contributed by atoms with Gasteiger partial charge in [-0.2, -0.15) is 0 Å². The fourth-order valence-electron chi connectivity index (χ4n) is 3.21. The molecule has 4 heterocycles. The summed E-state index contributed by atoms with van der Waals surface area (Å²) in [5, 5.41) is 4.06. The van der Waals surface area contributed by atoms with Crippen molar-refractivity contribution in [3.8, 4) is 5.88 Å². The number of allylic oxidation sites excluding steroid dienone is 1. The van der Waals surface area contributed by atoms with Gasteiger partial charge in [0.1, 0.15) is 18.1 Å². The van der Waals surface area contributed by atoms with Crippen LogP contribution in [0.3, 0.4) is 0 Å². The van der Waals surface area contributed by atoms with E-state index in [0.717, 1.165) is 36.0 Å². The summed E-state index contributed by atoms with van der Waals surface area (Å²) in [6.07, 6.45) is 8.42. The monoisotopic (exact) mass is 370 g/mol. The minimum atomic E-state index is 0.135. The van der Waals surface area contributed by atoms with Crippen LogP contribution in [0.4, 0.5) is 5.13 Å². The van der Waals surface area contributed by atoms with Gasteiger partial charge in [0.25, 0.3) is 0 Å². The summed E-state index contributed by atoms with van der Waals surface area (Å²) in [6, 6.07) is 2.33. The average molecular weight is 370 g/mol. The molecule has 7 nitrogen and oxygen atoms in total. The van der Waals surface area contributed by atoms with Gasteiger partial charge in [-0.15, -0.1) is 11.3 Å². The Hall–Kier alpha value is -2.45. The van der Waals surface area contributed by atoms with Crippen LogP contribution in [0, 0.1) is 0 Å². The molecule has 8 heteroatoms. The number of aromatic nitrogens is 4. The minimum absolute atomic E-state index is 0.135. The third kappa shape index (κ3) is 3.71. The zero-order valence-corrected chi connectivity index (χ0v) is 15.7. The van der Waals surface area contributed by atoms with Crippen molar-refractivity contribution in [2.45, 2.75) is 39.0 Å². The number of hydrogen-bond donors (Lipinski definition) is 1. The molecule has 1 fully saturated rings. The Morgan fingerprint density at radius 1 is 1.42 bits per heavy atom. The van der Waals surface area contributed by atoms with Crippen LogP contribution in [0.15, 0.2) is 43.3 Å². The van der Waals surface area contributed by atoms with Gasteiger partial charge in [-0.05, 0) is 13.8 Å².